The standard InChI is InChI=1S/C25H26N6O2/c1-29-17-22(16-28-29)18-3-4-20-15-27-23(12-21(20)11-18)14-24(32)19-5-6-26-25(13-19)30-7-9-31(2,33)10-8-30/h3-6,11-13,15-17H,7-10,14H2,1-2H3. The first-order valence-electron chi connectivity index (χ1n) is 11.0. The Morgan fingerprint density at radius 3 is 2.61 bits per heavy atom. The number of quaternary nitrogens is 1. The van der Waals surface area contributed by atoms with Crippen LogP contribution in [0, 0.1) is 5.21 Å². The van der Waals surface area contributed by atoms with Crippen LogP contribution < -0.4 is 4.90 Å². The average Bonchev–Trinajstić information content (AvgIpc) is 3.25. The van der Waals surface area contributed by atoms with Crippen molar-refractivity contribution in [2.75, 3.05) is 38.1 Å². The molecule has 8 heteroatoms. The Labute approximate surface area is 192 Å². The summed E-state index contributed by atoms with van der Waals surface area (Å²) in [5.41, 5.74) is 3.46. The first-order chi connectivity index (χ1) is 15.9. The second-order valence-corrected chi connectivity index (χ2v) is 8.87. The van der Waals surface area contributed by atoms with Gasteiger partial charge in [0.05, 0.1) is 45.8 Å². The number of carbonyl (C=O) groups is 1. The number of aryl methyl sites for hydroxylation is 1. The van der Waals surface area contributed by atoms with E-state index in [0.717, 1.165) is 33.4 Å². The molecule has 0 amide bonds. The molecule has 3 aromatic heterocycles. The number of hydrogen-bond acceptors (Lipinski definition) is 6. The van der Waals surface area contributed by atoms with Crippen molar-refractivity contribution in [1.29, 1.82) is 0 Å². The molecule has 0 spiro atoms. The van der Waals surface area contributed by atoms with Crippen LogP contribution in [0.4, 0.5) is 5.82 Å². The third-order valence-corrected chi connectivity index (χ3v) is 6.24. The number of benzene rings is 1. The van der Waals surface area contributed by atoms with Crippen LogP contribution in [-0.2, 0) is 13.5 Å². The molecule has 0 radical (unpaired) electrons. The molecule has 1 aliphatic rings. The third-order valence-electron chi connectivity index (χ3n) is 6.24. The van der Waals surface area contributed by atoms with Crippen LogP contribution in [0.5, 0.6) is 0 Å². The zero-order valence-corrected chi connectivity index (χ0v) is 18.8. The van der Waals surface area contributed by atoms with Gasteiger partial charge in [0.15, 0.2) is 5.78 Å². The highest BCUT2D eigenvalue weighted by Gasteiger charge is 2.23. The molecule has 168 valence electrons. The summed E-state index contributed by atoms with van der Waals surface area (Å²) in [5, 5.41) is 18.4. The fourth-order valence-corrected chi connectivity index (χ4v) is 4.18. The summed E-state index contributed by atoms with van der Waals surface area (Å²) in [5.74, 6) is 0.739. The first-order valence-corrected chi connectivity index (χ1v) is 11.0. The van der Waals surface area contributed by atoms with Gasteiger partial charge < -0.3 is 14.8 Å². The quantitative estimate of drug-likeness (QED) is 0.268. The SMILES string of the molecule is Cn1cc(-c2ccc3cnc(CC(=O)c4ccnc(N5CC[N+](C)([O-])CC5)c4)cc3c2)cn1. The summed E-state index contributed by atoms with van der Waals surface area (Å²) >= 11 is 0. The summed E-state index contributed by atoms with van der Waals surface area (Å²) in [7, 11) is 3.59. The molecule has 0 bridgehead atoms. The molecular weight excluding hydrogens is 416 g/mol. The lowest BCUT2D eigenvalue weighted by molar-refractivity contribution is -0.861. The zero-order valence-electron chi connectivity index (χ0n) is 18.8. The van der Waals surface area contributed by atoms with Crippen LogP contribution >= 0.6 is 0 Å². The van der Waals surface area contributed by atoms with Crippen molar-refractivity contribution in [2.24, 2.45) is 7.05 Å². The van der Waals surface area contributed by atoms with Gasteiger partial charge in [0, 0.05) is 47.8 Å². The maximum absolute atomic E-state index is 13.0. The molecule has 1 aromatic carbocycles. The van der Waals surface area contributed by atoms with Crippen LogP contribution in [0.1, 0.15) is 16.1 Å². The molecule has 1 aliphatic heterocycles. The van der Waals surface area contributed by atoms with Gasteiger partial charge in [0.25, 0.3) is 0 Å². The first kappa shape index (κ1) is 21.2. The molecule has 4 aromatic rings. The summed E-state index contributed by atoms with van der Waals surface area (Å²) in [4.78, 5) is 24.0. The van der Waals surface area contributed by atoms with E-state index in [9.17, 15) is 10.0 Å². The Bertz CT molecular complexity index is 1320. The van der Waals surface area contributed by atoms with E-state index >= 15 is 0 Å². The average molecular weight is 443 g/mol. The monoisotopic (exact) mass is 442 g/mol. The van der Waals surface area contributed by atoms with E-state index in [1.54, 1.807) is 24.0 Å². The van der Waals surface area contributed by atoms with Crippen LogP contribution in [0.3, 0.4) is 0 Å². The van der Waals surface area contributed by atoms with Crippen molar-refractivity contribution in [3.8, 4) is 11.1 Å². The minimum absolute atomic E-state index is 0.00429. The van der Waals surface area contributed by atoms with Gasteiger partial charge >= 0.3 is 0 Å². The summed E-state index contributed by atoms with van der Waals surface area (Å²) < 4.78 is 1.55. The molecular formula is C25H26N6O2. The van der Waals surface area contributed by atoms with Crippen LogP contribution in [0.25, 0.3) is 21.9 Å². The largest absolute Gasteiger partial charge is 0.633 e. The lowest BCUT2D eigenvalue weighted by Gasteiger charge is -2.45. The second kappa shape index (κ2) is 8.38. The minimum Gasteiger partial charge on any atom is -0.633 e. The molecule has 8 nitrogen and oxygen atoms in total. The van der Waals surface area contributed by atoms with E-state index in [-0.39, 0.29) is 16.9 Å². The minimum atomic E-state index is -0.231. The number of rotatable bonds is 5. The second-order valence-electron chi connectivity index (χ2n) is 8.87. The third kappa shape index (κ3) is 4.62. The van der Waals surface area contributed by atoms with Gasteiger partial charge in [-0.2, -0.15) is 5.10 Å². The molecule has 1 fully saturated rings. The fourth-order valence-electron chi connectivity index (χ4n) is 4.18. The summed E-state index contributed by atoms with van der Waals surface area (Å²) in [6, 6.07) is 11.7. The highest BCUT2D eigenvalue weighted by atomic mass is 16.5. The van der Waals surface area contributed by atoms with Gasteiger partial charge in [0.2, 0.25) is 0 Å². The molecule has 0 saturated carbocycles. The number of fused-ring (bicyclic) bond motifs is 1. The number of nitrogens with zero attached hydrogens (tertiary/aromatic N) is 6. The highest BCUT2D eigenvalue weighted by molar-refractivity contribution is 5.98. The van der Waals surface area contributed by atoms with Crippen LogP contribution in [0.15, 0.2) is 61.2 Å². The van der Waals surface area contributed by atoms with Gasteiger partial charge in [-0.3, -0.25) is 14.5 Å². The van der Waals surface area contributed by atoms with Crippen LogP contribution in [0.2, 0.25) is 0 Å². The molecule has 0 N–H and O–H groups in total. The number of pyridine rings is 2. The van der Waals surface area contributed by atoms with Gasteiger partial charge in [0.1, 0.15) is 5.82 Å². The Morgan fingerprint density at radius 1 is 1.03 bits per heavy atom. The zero-order chi connectivity index (χ0) is 23.0. The van der Waals surface area contributed by atoms with Gasteiger partial charge in [-0.05, 0) is 35.2 Å². The molecule has 1 saturated heterocycles. The van der Waals surface area contributed by atoms with E-state index in [1.807, 2.05) is 43.8 Å². The van der Waals surface area contributed by atoms with E-state index in [0.29, 0.717) is 31.7 Å². The van der Waals surface area contributed by atoms with E-state index in [1.165, 1.54) is 0 Å². The van der Waals surface area contributed by atoms with Crippen molar-refractivity contribution < 1.29 is 9.44 Å². The topological polar surface area (TPSA) is 87.0 Å². The molecule has 33 heavy (non-hydrogen) atoms. The molecule has 0 atom stereocenters. The number of piperazine rings is 1. The molecule has 5 rings (SSSR count). The maximum Gasteiger partial charge on any atom is 0.169 e. The lowest BCUT2D eigenvalue weighted by atomic mass is 10.0. The smallest absolute Gasteiger partial charge is 0.169 e. The predicted molar refractivity (Wildman–Crippen MR) is 128 cm³/mol. The number of likely N-dealkylation sites (N-methyl/N-ethyl adjacent to an activating group) is 1. The highest BCUT2D eigenvalue weighted by Crippen LogP contribution is 2.25. The number of hydrogen-bond donors (Lipinski definition) is 0. The predicted octanol–water partition coefficient (Wildman–Crippen LogP) is 3.22. The summed E-state index contributed by atoms with van der Waals surface area (Å²) in [6.45, 7) is 2.30. The van der Waals surface area contributed by atoms with Crippen molar-refractivity contribution in [3.05, 3.63) is 77.7 Å². The molecule has 4 heterocycles. The van der Waals surface area contributed by atoms with Gasteiger partial charge in [-0.1, -0.05) is 12.1 Å². The summed E-state index contributed by atoms with van der Waals surface area (Å²) in [6.07, 6.45) is 7.51. The van der Waals surface area contributed by atoms with Crippen molar-refractivity contribution in [3.63, 3.8) is 0 Å². The number of hydroxylamine groups is 3. The van der Waals surface area contributed by atoms with E-state index < -0.39 is 0 Å². The van der Waals surface area contributed by atoms with Gasteiger partial charge in [-0.15, -0.1) is 0 Å². The lowest BCUT2D eigenvalue weighted by Crippen LogP contribution is -2.54. The number of aromatic nitrogens is 4. The molecule has 0 aliphatic carbocycles. The Kier molecular flexibility index (Phi) is 5.39. The fraction of sp³-hybridized carbons (Fsp3) is 0.280. The normalized spacial score (nSPS) is 15.7. The van der Waals surface area contributed by atoms with E-state index in [4.69, 9.17) is 0 Å². The maximum atomic E-state index is 13.0. The number of carbonyl (C=O) groups excluding carboxylic acids is 1. The number of anilines is 1. The Morgan fingerprint density at radius 2 is 1.85 bits per heavy atom. The number of Topliss-reactive ketones (excluding diaryl/α,β-unsaturated/α-hetero) is 1. The molecule has 0 unspecified atom stereocenters. The van der Waals surface area contributed by atoms with Crippen molar-refractivity contribution in [1.82, 2.24) is 19.7 Å². The van der Waals surface area contributed by atoms with E-state index in [2.05, 4.69) is 32.1 Å². The number of ketones is 1. The van der Waals surface area contributed by atoms with Gasteiger partial charge in [-0.25, -0.2) is 4.98 Å². The van der Waals surface area contributed by atoms with Crippen molar-refractivity contribution >= 4 is 22.4 Å². The Balaban J connectivity index is 1.34. The van der Waals surface area contributed by atoms with Crippen molar-refractivity contribution in [2.45, 2.75) is 6.42 Å². The Hall–Kier alpha value is -3.62. The van der Waals surface area contributed by atoms with Crippen LogP contribution in [-0.4, -0.2) is 63.4 Å².